The van der Waals surface area contributed by atoms with Crippen LogP contribution in [0.15, 0.2) is 36.4 Å². The fourth-order valence-electron chi connectivity index (χ4n) is 2.82. The maximum absolute atomic E-state index is 6.16. The number of aryl methyl sites for hydroxylation is 1. The van der Waals surface area contributed by atoms with Crippen LogP contribution in [0.5, 0.6) is 5.75 Å². The Morgan fingerprint density at radius 3 is 2.70 bits per heavy atom. The van der Waals surface area contributed by atoms with E-state index in [2.05, 4.69) is 36.1 Å². The number of rotatable bonds is 2. The first-order chi connectivity index (χ1) is 9.67. The molecule has 104 valence electrons. The molecule has 0 aliphatic carbocycles. The minimum atomic E-state index is 0.863. The molecule has 0 unspecified atom stereocenters. The zero-order valence-electron chi connectivity index (χ0n) is 12.0. The van der Waals surface area contributed by atoms with Crippen molar-refractivity contribution in [2.75, 3.05) is 24.3 Å². The van der Waals surface area contributed by atoms with E-state index in [-0.39, 0.29) is 0 Å². The number of benzene rings is 2. The molecule has 3 rings (SSSR count). The summed E-state index contributed by atoms with van der Waals surface area (Å²) in [6.07, 6.45) is 1.03. The van der Waals surface area contributed by atoms with Crippen LogP contribution in [0.4, 0.5) is 11.4 Å². The molecular formula is C17H20N2O. The molecule has 1 aliphatic heterocycles. The summed E-state index contributed by atoms with van der Waals surface area (Å²) in [4.78, 5) is 2.35. The first kappa shape index (κ1) is 12.9. The van der Waals surface area contributed by atoms with Gasteiger partial charge in [-0.2, -0.15) is 0 Å². The van der Waals surface area contributed by atoms with Crippen molar-refractivity contribution in [1.29, 1.82) is 0 Å². The topological polar surface area (TPSA) is 38.5 Å². The van der Waals surface area contributed by atoms with E-state index >= 15 is 0 Å². The number of ether oxygens (including phenoxy) is 1. The summed E-state index contributed by atoms with van der Waals surface area (Å²) in [5.74, 6) is 0.937. The van der Waals surface area contributed by atoms with E-state index in [4.69, 9.17) is 10.5 Å². The van der Waals surface area contributed by atoms with Gasteiger partial charge in [0.05, 0.1) is 18.5 Å². The van der Waals surface area contributed by atoms with E-state index in [0.29, 0.717) is 0 Å². The van der Waals surface area contributed by atoms with Crippen molar-refractivity contribution in [1.82, 2.24) is 0 Å². The third-order valence-corrected chi connectivity index (χ3v) is 3.95. The second-order valence-corrected chi connectivity index (χ2v) is 5.37. The monoisotopic (exact) mass is 268 g/mol. The van der Waals surface area contributed by atoms with Crippen LogP contribution in [-0.2, 0) is 13.0 Å². The quantitative estimate of drug-likeness (QED) is 0.850. The second-order valence-electron chi connectivity index (χ2n) is 5.37. The summed E-state index contributed by atoms with van der Waals surface area (Å²) >= 11 is 0. The van der Waals surface area contributed by atoms with Crippen LogP contribution in [0.2, 0.25) is 0 Å². The van der Waals surface area contributed by atoms with E-state index < -0.39 is 0 Å². The standard InChI is InChI=1S/C17H20N2O/c1-12-3-6-17(16(18)9-12)19-8-7-13-10-15(20-2)5-4-14(13)11-19/h3-6,9-10H,7-8,11,18H2,1-2H3. The molecule has 0 atom stereocenters. The largest absolute Gasteiger partial charge is 0.497 e. The van der Waals surface area contributed by atoms with E-state index in [1.165, 1.54) is 16.7 Å². The van der Waals surface area contributed by atoms with E-state index in [0.717, 1.165) is 36.6 Å². The van der Waals surface area contributed by atoms with Gasteiger partial charge in [-0.3, -0.25) is 0 Å². The first-order valence-electron chi connectivity index (χ1n) is 6.94. The molecule has 3 nitrogen and oxygen atoms in total. The summed E-state index contributed by atoms with van der Waals surface area (Å²) in [5.41, 5.74) is 12.1. The van der Waals surface area contributed by atoms with E-state index in [1.54, 1.807) is 7.11 Å². The average Bonchev–Trinajstić information content (AvgIpc) is 2.46. The van der Waals surface area contributed by atoms with Gasteiger partial charge in [0.15, 0.2) is 0 Å². The number of fused-ring (bicyclic) bond motifs is 1. The van der Waals surface area contributed by atoms with E-state index in [1.807, 2.05) is 12.1 Å². The van der Waals surface area contributed by atoms with E-state index in [9.17, 15) is 0 Å². The van der Waals surface area contributed by atoms with Crippen molar-refractivity contribution in [3.63, 3.8) is 0 Å². The highest BCUT2D eigenvalue weighted by Gasteiger charge is 2.18. The maximum atomic E-state index is 6.16. The molecule has 0 aromatic heterocycles. The Morgan fingerprint density at radius 2 is 1.95 bits per heavy atom. The maximum Gasteiger partial charge on any atom is 0.119 e. The summed E-state index contributed by atoms with van der Waals surface area (Å²) in [6.45, 7) is 3.97. The van der Waals surface area contributed by atoms with Gasteiger partial charge in [-0.05, 0) is 54.3 Å². The lowest BCUT2D eigenvalue weighted by Gasteiger charge is -2.32. The Hall–Kier alpha value is -2.16. The van der Waals surface area contributed by atoms with Gasteiger partial charge in [-0.15, -0.1) is 0 Å². The number of hydrogen-bond acceptors (Lipinski definition) is 3. The molecule has 0 radical (unpaired) electrons. The lowest BCUT2D eigenvalue weighted by atomic mass is 9.98. The third kappa shape index (κ3) is 2.31. The first-order valence-corrected chi connectivity index (χ1v) is 6.94. The molecule has 0 spiro atoms. The second kappa shape index (κ2) is 5.08. The van der Waals surface area contributed by atoms with Crippen LogP contribution in [0.1, 0.15) is 16.7 Å². The van der Waals surface area contributed by atoms with Gasteiger partial charge < -0.3 is 15.4 Å². The minimum Gasteiger partial charge on any atom is -0.497 e. The number of methoxy groups -OCH3 is 1. The van der Waals surface area contributed by atoms with Crippen LogP contribution >= 0.6 is 0 Å². The Kier molecular flexibility index (Phi) is 3.26. The summed E-state index contributed by atoms with van der Waals surface area (Å²) in [6, 6.07) is 12.6. The van der Waals surface area contributed by atoms with Crippen LogP contribution in [-0.4, -0.2) is 13.7 Å². The zero-order valence-corrected chi connectivity index (χ0v) is 12.0. The average molecular weight is 268 g/mol. The smallest absolute Gasteiger partial charge is 0.119 e. The molecule has 2 N–H and O–H groups in total. The number of nitrogens with two attached hydrogens (primary N) is 1. The Labute approximate surface area is 120 Å². The number of nitrogen functional groups attached to an aromatic ring is 1. The normalized spacial score (nSPS) is 14.0. The van der Waals surface area contributed by atoms with Crippen molar-refractivity contribution in [3.05, 3.63) is 53.1 Å². The highest BCUT2D eigenvalue weighted by Crippen LogP contribution is 2.30. The third-order valence-electron chi connectivity index (χ3n) is 3.95. The van der Waals surface area contributed by atoms with Gasteiger partial charge in [0.2, 0.25) is 0 Å². The van der Waals surface area contributed by atoms with Gasteiger partial charge >= 0.3 is 0 Å². The van der Waals surface area contributed by atoms with Crippen molar-refractivity contribution in [2.24, 2.45) is 0 Å². The van der Waals surface area contributed by atoms with Gasteiger partial charge in [0.1, 0.15) is 5.75 Å². The number of nitrogens with zero attached hydrogens (tertiary/aromatic N) is 1. The zero-order chi connectivity index (χ0) is 14.1. The predicted octanol–water partition coefficient (Wildman–Crippen LogP) is 3.15. The molecule has 20 heavy (non-hydrogen) atoms. The molecule has 2 aromatic carbocycles. The van der Waals surface area contributed by atoms with Crippen molar-refractivity contribution < 1.29 is 4.74 Å². The van der Waals surface area contributed by atoms with Crippen molar-refractivity contribution in [2.45, 2.75) is 19.9 Å². The molecular weight excluding hydrogens is 248 g/mol. The molecule has 2 aromatic rings. The highest BCUT2D eigenvalue weighted by molar-refractivity contribution is 5.69. The predicted molar refractivity (Wildman–Crippen MR) is 83.3 cm³/mol. The van der Waals surface area contributed by atoms with Crippen LogP contribution in [0.25, 0.3) is 0 Å². The molecule has 0 amide bonds. The molecule has 0 saturated heterocycles. The van der Waals surface area contributed by atoms with Crippen molar-refractivity contribution >= 4 is 11.4 Å². The molecule has 0 bridgehead atoms. The van der Waals surface area contributed by atoms with Crippen LogP contribution < -0.4 is 15.4 Å². The molecule has 0 saturated carbocycles. The highest BCUT2D eigenvalue weighted by atomic mass is 16.5. The Bertz CT molecular complexity index is 637. The van der Waals surface area contributed by atoms with Crippen LogP contribution in [0, 0.1) is 6.92 Å². The number of anilines is 2. The minimum absolute atomic E-state index is 0.863. The van der Waals surface area contributed by atoms with Gasteiger partial charge in [0, 0.05) is 13.1 Å². The molecule has 1 heterocycles. The number of hydrogen-bond donors (Lipinski definition) is 1. The Balaban J connectivity index is 1.88. The lowest BCUT2D eigenvalue weighted by molar-refractivity contribution is 0.414. The molecule has 0 fully saturated rings. The van der Waals surface area contributed by atoms with Gasteiger partial charge in [0.25, 0.3) is 0 Å². The SMILES string of the molecule is COc1ccc2c(c1)CCN(c1ccc(C)cc1N)C2. The van der Waals surface area contributed by atoms with Crippen LogP contribution in [0.3, 0.4) is 0 Å². The molecule has 3 heteroatoms. The van der Waals surface area contributed by atoms with Gasteiger partial charge in [-0.1, -0.05) is 12.1 Å². The Morgan fingerprint density at radius 1 is 1.10 bits per heavy atom. The summed E-state index contributed by atoms with van der Waals surface area (Å²) < 4.78 is 5.29. The molecule has 1 aliphatic rings. The summed E-state index contributed by atoms with van der Waals surface area (Å²) in [5, 5.41) is 0. The lowest BCUT2D eigenvalue weighted by Crippen LogP contribution is -2.30. The summed E-state index contributed by atoms with van der Waals surface area (Å²) in [7, 11) is 1.71. The fourth-order valence-corrected chi connectivity index (χ4v) is 2.82. The van der Waals surface area contributed by atoms with Gasteiger partial charge in [-0.25, -0.2) is 0 Å². The van der Waals surface area contributed by atoms with Crippen molar-refractivity contribution in [3.8, 4) is 5.75 Å². The fraction of sp³-hybridized carbons (Fsp3) is 0.294.